The lowest BCUT2D eigenvalue weighted by atomic mass is 10.1. The van der Waals surface area contributed by atoms with Crippen LogP contribution >= 0.6 is 36.0 Å². The summed E-state index contributed by atoms with van der Waals surface area (Å²) < 4.78 is -0.136. The predicted molar refractivity (Wildman–Crippen MR) is 112 cm³/mol. The van der Waals surface area contributed by atoms with E-state index in [9.17, 15) is 9.59 Å². The van der Waals surface area contributed by atoms with Gasteiger partial charge in [0, 0.05) is 5.56 Å². The summed E-state index contributed by atoms with van der Waals surface area (Å²) in [5.74, 6) is -1.02. The van der Waals surface area contributed by atoms with Crippen LogP contribution in [0.15, 0.2) is 48.5 Å². The average molecular weight is 431 g/mol. The Morgan fingerprint density at radius 2 is 1.48 bits per heavy atom. The van der Waals surface area contributed by atoms with Gasteiger partial charge in [-0.05, 0) is 63.0 Å². The molecular formula is C20H24Cl3N2O2+. The average Bonchev–Trinajstić information content (AvgIpc) is 2.58. The van der Waals surface area contributed by atoms with E-state index in [1.807, 2.05) is 32.0 Å². The Bertz CT molecular complexity index is 832. The maximum Gasteiger partial charge on any atom is 0.390 e. The van der Waals surface area contributed by atoms with Crippen molar-refractivity contribution in [1.29, 1.82) is 0 Å². The molecule has 0 heterocycles. The number of rotatable bonds is 2. The minimum absolute atomic E-state index is 0. The van der Waals surface area contributed by atoms with Crippen molar-refractivity contribution in [3.63, 3.8) is 0 Å². The number of benzene rings is 2. The molecule has 146 valence electrons. The summed E-state index contributed by atoms with van der Waals surface area (Å²) in [6.45, 7) is 9.07. The van der Waals surface area contributed by atoms with E-state index in [0.29, 0.717) is 11.1 Å². The number of quaternary nitrogens is 1. The van der Waals surface area contributed by atoms with Gasteiger partial charge in [0.05, 0.1) is 17.3 Å². The fourth-order valence-corrected chi connectivity index (χ4v) is 3.08. The zero-order valence-corrected chi connectivity index (χ0v) is 18.3. The smallest absolute Gasteiger partial charge is 0.262 e. The lowest BCUT2D eigenvalue weighted by molar-refractivity contribution is -0.871. The fraction of sp³-hybridized carbons (Fsp3) is 0.300. The second-order valence-corrected chi connectivity index (χ2v) is 8.14. The molecule has 1 unspecified atom stereocenters. The monoisotopic (exact) mass is 429 g/mol. The maximum atomic E-state index is 13.2. The van der Waals surface area contributed by atoms with Gasteiger partial charge in [-0.15, -0.1) is 12.4 Å². The molecular weight excluding hydrogens is 407 g/mol. The summed E-state index contributed by atoms with van der Waals surface area (Å²) in [5, 5.41) is 0. The van der Waals surface area contributed by atoms with E-state index in [0.717, 1.165) is 15.7 Å². The first kappa shape index (κ1) is 23.4. The van der Waals surface area contributed by atoms with Crippen LogP contribution in [0.2, 0.25) is 0 Å². The number of amides is 2. The van der Waals surface area contributed by atoms with E-state index in [1.165, 1.54) is 0 Å². The Hall–Kier alpha value is -1.59. The molecule has 2 aromatic carbocycles. The summed E-state index contributed by atoms with van der Waals surface area (Å²) in [6.07, 6.45) is 0. The summed E-state index contributed by atoms with van der Waals surface area (Å²) in [7, 11) is 0. The van der Waals surface area contributed by atoms with Gasteiger partial charge in [0.2, 0.25) is 11.8 Å². The third-order valence-corrected chi connectivity index (χ3v) is 5.40. The number of hydrogen-bond acceptors (Lipinski definition) is 2. The molecule has 0 saturated heterocycles. The minimum atomic E-state index is -0.912. The van der Waals surface area contributed by atoms with E-state index >= 15 is 0 Å². The molecule has 0 aliphatic carbocycles. The zero-order valence-electron chi connectivity index (χ0n) is 16.0. The van der Waals surface area contributed by atoms with Crippen molar-refractivity contribution < 1.29 is 13.7 Å². The number of halogens is 3. The molecule has 2 amide bonds. The molecule has 0 bridgehead atoms. The summed E-state index contributed by atoms with van der Waals surface area (Å²) in [4.78, 5) is 26.2. The Labute approximate surface area is 176 Å². The van der Waals surface area contributed by atoms with Gasteiger partial charge in [-0.3, -0.25) is 4.79 Å². The fourth-order valence-electron chi connectivity index (χ4n) is 2.52. The van der Waals surface area contributed by atoms with Gasteiger partial charge in [0.15, 0.2) is 0 Å². The molecule has 0 aliphatic rings. The topological polar surface area (TPSA) is 37.4 Å². The zero-order chi connectivity index (χ0) is 19.7. The number of carbonyl (C=O) groups is 2. The summed E-state index contributed by atoms with van der Waals surface area (Å²) >= 11 is 13.1. The quantitative estimate of drug-likeness (QED) is 0.443. The Kier molecular flexibility index (Phi) is 7.48. The molecule has 0 N–H and O–H groups in total. The molecule has 0 spiro atoms. The van der Waals surface area contributed by atoms with E-state index in [2.05, 4.69) is 0 Å². The number of nitrogens with zero attached hydrogens (tertiary/aromatic N) is 2. The SMILES string of the molecule is Cc1ccc(C(=O)[N+](Cl)(N(Cl)C(=O)c2cccc(C)c2)C(C)(C)C)cc1.Cl. The Morgan fingerprint density at radius 1 is 0.926 bits per heavy atom. The van der Waals surface area contributed by atoms with Crippen LogP contribution in [0.4, 0.5) is 0 Å². The second kappa shape index (κ2) is 8.61. The standard InChI is InChI=1S/C20H23Cl2N2O2.ClH/c1-14-9-11-16(12-10-14)19(26)24(22,20(3,4)5)23(21)18(25)17-8-6-7-15(2)13-17;/h6-13H,1-5H3;1H/q+1;. The van der Waals surface area contributed by atoms with Gasteiger partial charge in [-0.1, -0.05) is 39.9 Å². The molecule has 2 rings (SSSR count). The van der Waals surface area contributed by atoms with Crippen LogP contribution in [0.3, 0.4) is 0 Å². The Morgan fingerprint density at radius 3 is 1.96 bits per heavy atom. The van der Waals surface area contributed by atoms with Crippen LogP contribution in [0.25, 0.3) is 0 Å². The van der Waals surface area contributed by atoms with E-state index in [4.69, 9.17) is 23.6 Å². The minimum Gasteiger partial charge on any atom is -0.262 e. The third-order valence-electron chi connectivity index (χ3n) is 4.13. The Balaban J connectivity index is 0.00000364. The first-order valence-corrected chi connectivity index (χ1v) is 8.94. The van der Waals surface area contributed by atoms with Gasteiger partial charge in [0.25, 0.3) is 0 Å². The van der Waals surface area contributed by atoms with Crippen LogP contribution in [0.1, 0.15) is 52.6 Å². The van der Waals surface area contributed by atoms with Crippen molar-refractivity contribution in [2.24, 2.45) is 0 Å². The normalized spacial score (nSPS) is 13.3. The lowest BCUT2D eigenvalue weighted by Gasteiger charge is -2.40. The molecule has 0 saturated carbocycles. The van der Waals surface area contributed by atoms with E-state index in [1.54, 1.807) is 51.1 Å². The summed E-state index contributed by atoms with van der Waals surface area (Å²) in [5.41, 5.74) is 1.80. The third kappa shape index (κ3) is 4.64. The first-order chi connectivity index (χ1) is 12.0. The molecule has 27 heavy (non-hydrogen) atoms. The second-order valence-electron chi connectivity index (χ2n) is 7.33. The lowest BCUT2D eigenvalue weighted by Crippen LogP contribution is -2.64. The van der Waals surface area contributed by atoms with Crippen molar-refractivity contribution in [3.8, 4) is 0 Å². The molecule has 4 nitrogen and oxygen atoms in total. The molecule has 0 aliphatic heterocycles. The highest BCUT2D eigenvalue weighted by Gasteiger charge is 2.56. The van der Waals surface area contributed by atoms with Gasteiger partial charge in [0.1, 0.15) is 5.54 Å². The van der Waals surface area contributed by atoms with Gasteiger partial charge in [-0.25, -0.2) is 4.79 Å². The largest absolute Gasteiger partial charge is 0.390 e. The van der Waals surface area contributed by atoms with E-state index in [-0.39, 0.29) is 12.4 Å². The highest BCUT2D eigenvalue weighted by molar-refractivity contribution is 6.26. The summed E-state index contributed by atoms with van der Waals surface area (Å²) in [6, 6.07) is 14.0. The maximum absolute atomic E-state index is 13.2. The first-order valence-electron chi connectivity index (χ1n) is 8.26. The highest BCUT2D eigenvalue weighted by atomic mass is 35.5. The van der Waals surface area contributed by atoms with Crippen LogP contribution in [0, 0.1) is 13.8 Å². The molecule has 7 heteroatoms. The van der Waals surface area contributed by atoms with Crippen molar-refractivity contribution in [2.45, 2.75) is 40.2 Å². The van der Waals surface area contributed by atoms with Crippen LogP contribution in [0.5, 0.6) is 0 Å². The highest BCUT2D eigenvalue weighted by Crippen LogP contribution is 2.36. The van der Waals surface area contributed by atoms with Gasteiger partial charge >= 0.3 is 11.8 Å². The van der Waals surface area contributed by atoms with Crippen molar-refractivity contribution in [1.82, 2.24) is 4.53 Å². The van der Waals surface area contributed by atoms with Crippen LogP contribution in [-0.2, 0) is 0 Å². The van der Waals surface area contributed by atoms with Gasteiger partial charge < -0.3 is 0 Å². The van der Waals surface area contributed by atoms with Crippen molar-refractivity contribution >= 4 is 47.8 Å². The van der Waals surface area contributed by atoms with Crippen LogP contribution < -0.4 is 0 Å². The molecule has 0 fully saturated rings. The predicted octanol–water partition coefficient (Wildman–Crippen LogP) is 5.85. The van der Waals surface area contributed by atoms with Crippen molar-refractivity contribution in [3.05, 3.63) is 70.8 Å². The van der Waals surface area contributed by atoms with Gasteiger partial charge in [-0.2, -0.15) is 0 Å². The number of aryl methyl sites for hydroxylation is 2. The molecule has 2 aromatic rings. The van der Waals surface area contributed by atoms with Crippen LogP contribution in [-0.4, -0.2) is 26.0 Å². The molecule has 1 atom stereocenters. The number of hydrogen-bond donors (Lipinski definition) is 0. The van der Waals surface area contributed by atoms with E-state index < -0.39 is 21.5 Å². The van der Waals surface area contributed by atoms with Crippen molar-refractivity contribution in [2.75, 3.05) is 0 Å². The molecule has 0 radical (unpaired) electrons. The number of carbonyl (C=O) groups excluding carboxylic acids is 2. The molecule has 0 aromatic heterocycles.